The molecule has 0 spiro atoms. The van der Waals surface area contributed by atoms with E-state index in [4.69, 9.17) is 14.9 Å². The highest BCUT2D eigenvalue weighted by molar-refractivity contribution is 5.97. The number of carbonyl (C=O) groups excluding carboxylic acids is 1. The van der Waals surface area contributed by atoms with Crippen LogP contribution in [-0.4, -0.2) is 24.2 Å². The lowest BCUT2D eigenvalue weighted by Crippen LogP contribution is -2.50. The van der Waals surface area contributed by atoms with Crippen molar-refractivity contribution in [2.75, 3.05) is 11.9 Å². The van der Waals surface area contributed by atoms with Crippen LogP contribution in [0.3, 0.4) is 0 Å². The lowest BCUT2D eigenvalue weighted by molar-refractivity contribution is -0.145. The van der Waals surface area contributed by atoms with Crippen LogP contribution in [0, 0.1) is 0 Å². The molecule has 2 atom stereocenters. The van der Waals surface area contributed by atoms with Gasteiger partial charge in [-0.1, -0.05) is 18.2 Å². The van der Waals surface area contributed by atoms with Gasteiger partial charge >= 0.3 is 0 Å². The molecule has 5 nitrogen and oxygen atoms in total. The Morgan fingerprint density at radius 3 is 2.69 bits per heavy atom. The number of ether oxygens (including phenoxy) is 1. The molecule has 1 saturated heterocycles. The van der Waals surface area contributed by atoms with Crippen molar-refractivity contribution in [3.05, 3.63) is 54.6 Å². The average Bonchev–Trinajstić information content (AvgIpc) is 3.06. The van der Waals surface area contributed by atoms with Gasteiger partial charge in [-0.05, 0) is 49.7 Å². The minimum absolute atomic E-state index is 0.00467. The minimum atomic E-state index is -0.880. The number of hydrogen-bond acceptors (Lipinski definition) is 4. The van der Waals surface area contributed by atoms with E-state index in [-0.39, 0.29) is 11.9 Å². The molecule has 2 heterocycles. The standard InChI is InChI=1S/C21H22N2O3/c1-21(13-16(22)10-11-25-21)20(24)23-17-8-6-14(7-9-17)19-12-15-4-2-3-5-18(15)26-19/h2-9,12,16H,10-11,13,22H2,1H3,(H,23,24). The zero-order valence-corrected chi connectivity index (χ0v) is 14.7. The summed E-state index contributed by atoms with van der Waals surface area (Å²) < 4.78 is 11.6. The summed E-state index contributed by atoms with van der Waals surface area (Å²) >= 11 is 0. The van der Waals surface area contributed by atoms with Crippen LogP contribution in [0.25, 0.3) is 22.3 Å². The first-order valence-corrected chi connectivity index (χ1v) is 8.83. The van der Waals surface area contributed by atoms with Gasteiger partial charge in [0.15, 0.2) is 0 Å². The Labute approximate surface area is 152 Å². The summed E-state index contributed by atoms with van der Waals surface area (Å²) in [5.41, 5.74) is 7.65. The Morgan fingerprint density at radius 1 is 1.19 bits per heavy atom. The highest BCUT2D eigenvalue weighted by Gasteiger charge is 2.38. The molecule has 26 heavy (non-hydrogen) atoms. The van der Waals surface area contributed by atoms with Crippen molar-refractivity contribution in [3.63, 3.8) is 0 Å². The van der Waals surface area contributed by atoms with E-state index in [0.717, 1.165) is 34.4 Å². The molecule has 1 fully saturated rings. The first-order valence-electron chi connectivity index (χ1n) is 8.83. The Hall–Kier alpha value is -2.63. The van der Waals surface area contributed by atoms with Crippen molar-refractivity contribution in [2.45, 2.75) is 31.4 Å². The highest BCUT2D eigenvalue weighted by atomic mass is 16.5. The summed E-state index contributed by atoms with van der Waals surface area (Å²) in [6, 6.07) is 17.5. The molecule has 1 aliphatic rings. The first kappa shape index (κ1) is 16.8. The van der Waals surface area contributed by atoms with Crippen LogP contribution in [0.5, 0.6) is 0 Å². The van der Waals surface area contributed by atoms with Gasteiger partial charge in [-0.25, -0.2) is 0 Å². The third kappa shape index (κ3) is 3.23. The average molecular weight is 350 g/mol. The summed E-state index contributed by atoms with van der Waals surface area (Å²) in [5.74, 6) is 0.641. The van der Waals surface area contributed by atoms with Gasteiger partial charge in [-0.2, -0.15) is 0 Å². The van der Waals surface area contributed by atoms with Gasteiger partial charge in [0.1, 0.15) is 16.9 Å². The van der Waals surface area contributed by atoms with Crippen LogP contribution in [0.1, 0.15) is 19.8 Å². The van der Waals surface area contributed by atoms with Crippen LogP contribution in [0.2, 0.25) is 0 Å². The summed E-state index contributed by atoms with van der Waals surface area (Å²) in [6.07, 6.45) is 1.31. The van der Waals surface area contributed by atoms with E-state index < -0.39 is 5.60 Å². The third-order valence-corrected chi connectivity index (χ3v) is 4.89. The smallest absolute Gasteiger partial charge is 0.256 e. The Morgan fingerprint density at radius 2 is 1.96 bits per heavy atom. The summed E-state index contributed by atoms with van der Waals surface area (Å²) in [6.45, 7) is 2.31. The van der Waals surface area contributed by atoms with Crippen molar-refractivity contribution >= 4 is 22.6 Å². The van der Waals surface area contributed by atoms with Crippen LogP contribution < -0.4 is 11.1 Å². The summed E-state index contributed by atoms with van der Waals surface area (Å²) in [4.78, 5) is 12.6. The topological polar surface area (TPSA) is 77.5 Å². The number of hydrogen-bond donors (Lipinski definition) is 2. The van der Waals surface area contributed by atoms with Gasteiger partial charge in [0.25, 0.3) is 5.91 Å². The Balaban J connectivity index is 1.50. The van der Waals surface area contributed by atoms with Gasteiger partial charge in [-0.3, -0.25) is 4.79 Å². The lowest BCUT2D eigenvalue weighted by Gasteiger charge is -2.35. The van der Waals surface area contributed by atoms with Crippen LogP contribution in [-0.2, 0) is 9.53 Å². The number of furan rings is 1. The van der Waals surface area contributed by atoms with Crippen LogP contribution in [0.15, 0.2) is 59.0 Å². The molecule has 2 unspecified atom stereocenters. The summed E-state index contributed by atoms with van der Waals surface area (Å²) in [5, 5.41) is 4.00. The molecule has 134 valence electrons. The molecule has 0 radical (unpaired) electrons. The van der Waals surface area contributed by atoms with E-state index in [1.165, 1.54) is 0 Å². The van der Waals surface area contributed by atoms with E-state index in [2.05, 4.69) is 5.32 Å². The molecule has 1 amide bonds. The fourth-order valence-electron chi connectivity index (χ4n) is 3.36. The Bertz CT molecular complexity index is 899. The van der Waals surface area contributed by atoms with Crippen molar-refractivity contribution in [1.82, 2.24) is 0 Å². The maximum absolute atomic E-state index is 12.6. The van der Waals surface area contributed by atoms with Crippen LogP contribution in [0.4, 0.5) is 5.69 Å². The van der Waals surface area contributed by atoms with Crippen molar-refractivity contribution < 1.29 is 13.9 Å². The number of carbonyl (C=O) groups is 1. The second-order valence-corrected chi connectivity index (χ2v) is 7.01. The lowest BCUT2D eigenvalue weighted by atomic mass is 9.91. The van der Waals surface area contributed by atoms with Gasteiger partial charge < -0.3 is 20.2 Å². The molecule has 4 rings (SSSR count). The van der Waals surface area contributed by atoms with E-state index in [0.29, 0.717) is 13.0 Å². The van der Waals surface area contributed by atoms with Crippen molar-refractivity contribution in [2.24, 2.45) is 5.73 Å². The predicted molar refractivity (Wildman–Crippen MR) is 102 cm³/mol. The number of nitrogens with two attached hydrogens (primary N) is 1. The second-order valence-electron chi connectivity index (χ2n) is 7.01. The normalized spacial score (nSPS) is 23.1. The first-order chi connectivity index (χ1) is 12.5. The van der Waals surface area contributed by atoms with Gasteiger partial charge in [0, 0.05) is 35.7 Å². The molecule has 3 aromatic rings. The van der Waals surface area contributed by atoms with E-state index in [1.807, 2.05) is 54.6 Å². The molecule has 1 aliphatic heterocycles. The van der Waals surface area contributed by atoms with Gasteiger partial charge in [0.05, 0.1) is 0 Å². The maximum Gasteiger partial charge on any atom is 0.256 e. The maximum atomic E-state index is 12.6. The minimum Gasteiger partial charge on any atom is -0.456 e. The zero-order chi connectivity index (χ0) is 18.1. The molecule has 5 heteroatoms. The fourth-order valence-corrected chi connectivity index (χ4v) is 3.36. The molecule has 1 aromatic heterocycles. The summed E-state index contributed by atoms with van der Waals surface area (Å²) in [7, 11) is 0. The number of fused-ring (bicyclic) bond motifs is 1. The van der Waals surface area contributed by atoms with E-state index >= 15 is 0 Å². The van der Waals surface area contributed by atoms with E-state index in [9.17, 15) is 4.79 Å². The van der Waals surface area contributed by atoms with Gasteiger partial charge in [-0.15, -0.1) is 0 Å². The number of nitrogens with one attached hydrogen (secondary N) is 1. The molecular formula is C21H22N2O3. The van der Waals surface area contributed by atoms with Gasteiger partial charge in [0.2, 0.25) is 0 Å². The molecular weight excluding hydrogens is 328 g/mol. The largest absolute Gasteiger partial charge is 0.456 e. The SMILES string of the molecule is CC1(C(=O)Nc2ccc(-c3cc4ccccc4o3)cc2)CC(N)CCO1. The Kier molecular flexibility index (Phi) is 4.26. The highest BCUT2D eigenvalue weighted by Crippen LogP contribution is 2.29. The number of amides is 1. The second kappa shape index (κ2) is 6.59. The number of benzene rings is 2. The molecule has 3 N–H and O–H groups in total. The quantitative estimate of drug-likeness (QED) is 0.750. The van der Waals surface area contributed by atoms with E-state index in [1.54, 1.807) is 6.92 Å². The van der Waals surface area contributed by atoms with Crippen molar-refractivity contribution in [1.29, 1.82) is 0 Å². The number of rotatable bonds is 3. The fraction of sp³-hybridized carbons (Fsp3) is 0.286. The number of para-hydroxylation sites is 1. The molecule has 0 bridgehead atoms. The molecule has 0 saturated carbocycles. The predicted octanol–water partition coefficient (Wildman–Crippen LogP) is 3.93. The van der Waals surface area contributed by atoms with Crippen molar-refractivity contribution in [3.8, 4) is 11.3 Å². The molecule has 2 aromatic carbocycles. The molecule has 0 aliphatic carbocycles. The third-order valence-electron chi connectivity index (χ3n) is 4.89. The monoisotopic (exact) mass is 350 g/mol. The zero-order valence-electron chi connectivity index (χ0n) is 14.7. The van der Waals surface area contributed by atoms with Crippen LogP contribution >= 0.6 is 0 Å². The number of anilines is 1.